The van der Waals surface area contributed by atoms with Gasteiger partial charge in [0.25, 0.3) is 0 Å². The molecule has 0 aromatic carbocycles. The third-order valence-corrected chi connectivity index (χ3v) is 2.35. The third kappa shape index (κ3) is 1.92. The van der Waals surface area contributed by atoms with Crippen molar-refractivity contribution in [3.05, 3.63) is 40.9 Å². The highest BCUT2D eigenvalue weighted by atomic mass is 79.9. The quantitative estimate of drug-likeness (QED) is 0.745. The molecule has 0 aliphatic carbocycles. The molecule has 2 rings (SSSR count). The smallest absolute Gasteiger partial charge is 0.111 e. The van der Waals surface area contributed by atoms with Gasteiger partial charge in [-0.25, -0.2) is 9.67 Å². The largest absolute Gasteiger partial charge is 0.249 e. The zero-order chi connectivity index (χ0) is 9.10. The summed E-state index contributed by atoms with van der Waals surface area (Å²) in [6.07, 6.45) is 5.22. The number of halogens is 1. The average molecular weight is 239 g/mol. The summed E-state index contributed by atoms with van der Waals surface area (Å²) in [5.41, 5.74) is 1.09. The Bertz CT molecular complexity index is 385. The van der Waals surface area contributed by atoms with Crippen molar-refractivity contribution in [1.29, 1.82) is 0 Å². The summed E-state index contributed by atoms with van der Waals surface area (Å²) in [4.78, 5) is 4.11. The Morgan fingerprint density at radius 1 is 1.38 bits per heavy atom. The summed E-state index contributed by atoms with van der Waals surface area (Å²) in [7, 11) is 0. The minimum atomic E-state index is 0.689. The van der Waals surface area contributed by atoms with Crippen molar-refractivity contribution < 1.29 is 0 Å². The molecule has 0 unspecified atom stereocenters. The summed E-state index contributed by atoms with van der Waals surface area (Å²) in [6.45, 7) is 0.689. The first-order valence-corrected chi connectivity index (χ1v) is 4.59. The van der Waals surface area contributed by atoms with Crippen LogP contribution in [0.25, 0.3) is 0 Å². The van der Waals surface area contributed by atoms with Crippen LogP contribution < -0.4 is 0 Å². The van der Waals surface area contributed by atoms with Gasteiger partial charge in [-0.05, 0) is 22.0 Å². The summed E-state index contributed by atoms with van der Waals surface area (Å²) < 4.78 is 2.60. The molecule has 2 heterocycles. The molecule has 0 aliphatic heterocycles. The summed E-state index contributed by atoms with van der Waals surface area (Å²) >= 11 is 3.37. The van der Waals surface area contributed by atoms with Gasteiger partial charge in [0.05, 0.1) is 12.7 Å². The third-order valence-electron chi connectivity index (χ3n) is 1.64. The molecule has 0 fully saturated rings. The molecular weight excluding hydrogens is 232 g/mol. The minimum Gasteiger partial charge on any atom is -0.249 e. The van der Waals surface area contributed by atoms with Gasteiger partial charge in [-0.3, -0.25) is 0 Å². The van der Waals surface area contributed by atoms with E-state index < -0.39 is 0 Å². The Morgan fingerprint density at radius 2 is 2.31 bits per heavy atom. The molecule has 66 valence electrons. The monoisotopic (exact) mass is 238 g/mol. The standard InChI is InChI=1S/C8H7BrN4/c9-8-7(2-1-3-10-8)6-13-5-4-11-12-13/h1-5H,6H2. The first-order chi connectivity index (χ1) is 6.36. The van der Waals surface area contributed by atoms with E-state index in [1.54, 1.807) is 17.1 Å². The van der Waals surface area contributed by atoms with Gasteiger partial charge in [-0.1, -0.05) is 11.3 Å². The van der Waals surface area contributed by atoms with E-state index in [1.807, 2.05) is 18.3 Å². The molecule has 0 bridgehead atoms. The molecule has 2 aromatic rings. The molecule has 0 saturated heterocycles. The van der Waals surface area contributed by atoms with Gasteiger partial charge >= 0.3 is 0 Å². The van der Waals surface area contributed by atoms with Gasteiger partial charge in [-0.2, -0.15) is 0 Å². The van der Waals surface area contributed by atoms with Crippen LogP contribution in [-0.2, 0) is 6.54 Å². The van der Waals surface area contributed by atoms with Gasteiger partial charge in [0, 0.05) is 18.0 Å². The summed E-state index contributed by atoms with van der Waals surface area (Å²) in [5, 5.41) is 7.60. The van der Waals surface area contributed by atoms with Gasteiger partial charge in [0.2, 0.25) is 0 Å². The molecule has 0 aliphatic rings. The lowest BCUT2D eigenvalue weighted by Gasteiger charge is -2.01. The van der Waals surface area contributed by atoms with Crippen LogP contribution in [0.4, 0.5) is 0 Å². The van der Waals surface area contributed by atoms with Crippen molar-refractivity contribution in [2.45, 2.75) is 6.54 Å². The second kappa shape index (κ2) is 3.66. The first-order valence-electron chi connectivity index (χ1n) is 3.80. The molecule has 0 N–H and O–H groups in total. The van der Waals surface area contributed by atoms with Crippen LogP contribution in [0, 0.1) is 0 Å². The fourth-order valence-electron chi connectivity index (χ4n) is 1.03. The molecule has 0 spiro atoms. The molecule has 4 nitrogen and oxygen atoms in total. The van der Waals surface area contributed by atoms with Crippen LogP contribution in [0.3, 0.4) is 0 Å². The van der Waals surface area contributed by atoms with E-state index in [0.717, 1.165) is 10.2 Å². The number of hydrogen-bond acceptors (Lipinski definition) is 3. The second-order valence-electron chi connectivity index (χ2n) is 2.55. The van der Waals surface area contributed by atoms with Crippen LogP contribution in [0.5, 0.6) is 0 Å². The molecule has 2 aromatic heterocycles. The summed E-state index contributed by atoms with van der Waals surface area (Å²) in [5.74, 6) is 0. The molecule has 0 radical (unpaired) electrons. The van der Waals surface area contributed by atoms with Crippen molar-refractivity contribution in [3.8, 4) is 0 Å². The molecule has 0 amide bonds. The zero-order valence-corrected chi connectivity index (χ0v) is 8.35. The van der Waals surface area contributed by atoms with Crippen LogP contribution in [0.1, 0.15) is 5.56 Å². The Labute approximate surface area is 83.7 Å². The van der Waals surface area contributed by atoms with Crippen LogP contribution >= 0.6 is 15.9 Å². The topological polar surface area (TPSA) is 43.6 Å². The first kappa shape index (κ1) is 8.37. The van der Waals surface area contributed by atoms with Crippen LogP contribution in [0.2, 0.25) is 0 Å². The lowest BCUT2D eigenvalue weighted by molar-refractivity contribution is 0.646. The van der Waals surface area contributed by atoms with E-state index in [1.165, 1.54) is 0 Å². The maximum Gasteiger partial charge on any atom is 0.111 e. The predicted octanol–water partition coefficient (Wildman–Crippen LogP) is 1.48. The van der Waals surface area contributed by atoms with Gasteiger partial charge in [0.1, 0.15) is 4.60 Å². The maximum atomic E-state index is 4.11. The van der Waals surface area contributed by atoms with E-state index >= 15 is 0 Å². The molecular formula is C8H7BrN4. The van der Waals surface area contributed by atoms with E-state index in [2.05, 4.69) is 31.2 Å². The number of aromatic nitrogens is 4. The highest BCUT2D eigenvalue weighted by Gasteiger charge is 2.00. The highest BCUT2D eigenvalue weighted by molar-refractivity contribution is 9.10. The van der Waals surface area contributed by atoms with Crippen molar-refractivity contribution >= 4 is 15.9 Å². The fraction of sp³-hybridized carbons (Fsp3) is 0.125. The van der Waals surface area contributed by atoms with Gasteiger partial charge in [-0.15, -0.1) is 5.10 Å². The van der Waals surface area contributed by atoms with E-state index in [4.69, 9.17) is 0 Å². The van der Waals surface area contributed by atoms with E-state index in [9.17, 15) is 0 Å². The zero-order valence-electron chi connectivity index (χ0n) is 6.76. The number of rotatable bonds is 2. The van der Waals surface area contributed by atoms with E-state index in [0.29, 0.717) is 6.54 Å². The van der Waals surface area contributed by atoms with Crippen molar-refractivity contribution in [3.63, 3.8) is 0 Å². The number of hydrogen-bond donors (Lipinski definition) is 0. The van der Waals surface area contributed by atoms with Gasteiger partial charge < -0.3 is 0 Å². The molecule has 0 atom stereocenters. The molecule has 0 saturated carbocycles. The highest BCUT2D eigenvalue weighted by Crippen LogP contribution is 2.12. The van der Waals surface area contributed by atoms with Crippen LogP contribution in [-0.4, -0.2) is 20.0 Å². The average Bonchev–Trinajstić information content (AvgIpc) is 2.61. The Hall–Kier alpha value is -1.23. The normalized spacial score (nSPS) is 10.2. The Morgan fingerprint density at radius 3 is 3.00 bits per heavy atom. The number of pyridine rings is 1. The van der Waals surface area contributed by atoms with Crippen molar-refractivity contribution in [1.82, 2.24) is 20.0 Å². The number of nitrogens with zero attached hydrogens (tertiary/aromatic N) is 4. The fourth-order valence-corrected chi connectivity index (χ4v) is 1.40. The summed E-state index contributed by atoms with van der Waals surface area (Å²) in [6, 6.07) is 3.90. The molecule has 5 heteroatoms. The Kier molecular flexibility index (Phi) is 2.35. The minimum absolute atomic E-state index is 0.689. The predicted molar refractivity (Wildman–Crippen MR) is 51.1 cm³/mol. The van der Waals surface area contributed by atoms with Crippen LogP contribution in [0.15, 0.2) is 35.3 Å². The van der Waals surface area contributed by atoms with E-state index in [-0.39, 0.29) is 0 Å². The van der Waals surface area contributed by atoms with Crippen molar-refractivity contribution in [2.75, 3.05) is 0 Å². The van der Waals surface area contributed by atoms with Gasteiger partial charge in [0.15, 0.2) is 0 Å². The molecule has 13 heavy (non-hydrogen) atoms. The maximum absolute atomic E-state index is 4.11. The Balaban J connectivity index is 2.24. The lowest BCUT2D eigenvalue weighted by atomic mass is 10.3. The SMILES string of the molecule is Brc1ncccc1Cn1ccnn1. The van der Waals surface area contributed by atoms with Crippen molar-refractivity contribution in [2.24, 2.45) is 0 Å². The second-order valence-corrected chi connectivity index (χ2v) is 3.31. The lowest BCUT2D eigenvalue weighted by Crippen LogP contribution is -2.01.